The highest BCUT2D eigenvalue weighted by Gasteiger charge is 2.31. The summed E-state index contributed by atoms with van der Waals surface area (Å²) in [5.41, 5.74) is 3.21. The molecule has 0 spiro atoms. The van der Waals surface area contributed by atoms with Crippen molar-refractivity contribution in [2.75, 3.05) is 0 Å². The second-order valence-corrected chi connectivity index (χ2v) is 9.92. The van der Waals surface area contributed by atoms with Crippen LogP contribution in [0.15, 0.2) is 60.5 Å². The Kier molecular flexibility index (Phi) is 5.57. The largest absolute Gasteiger partial charge is 0.264 e. The average Bonchev–Trinajstić information content (AvgIpc) is 3.17. The lowest BCUT2D eigenvalue weighted by atomic mass is 9.80. The van der Waals surface area contributed by atoms with Crippen LogP contribution in [0.5, 0.6) is 0 Å². The van der Waals surface area contributed by atoms with Crippen LogP contribution in [-0.4, -0.2) is 4.98 Å². The van der Waals surface area contributed by atoms with Gasteiger partial charge in [-0.3, -0.25) is 4.98 Å². The van der Waals surface area contributed by atoms with Crippen LogP contribution in [-0.2, 0) is 0 Å². The van der Waals surface area contributed by atoms with Crippen molar-refractivity contribution < 1.29 is 0 Å². The molecule has 0 aliphatic heterocycles. The second-order valence-electron chi connectivity index (χ2n) is 9.92. The van der Waals surface area contributed by atoms with E-state index in [9.17, 15) is 0 Å². The van der Waals surface area contributed by atoms with Gasteiger partial charge in [-0.2, -0.15) is 0 Å². The van der Waals surface area contributed by atoms with Crippen molar-refractivity contribution in [3.05, 3.63) is 66.0 Å². The van der Waals surface area contributed by atoms with Crippen LogP contribution >= 0.6 is 0 Å². The minimum absolute atomic E-state index is 0.746. The predicted molar refractivity (Wildman–Crippen MR) is 123 cm³/mol. The van der Waals surface area contributed by atoms with Crippen molar-refractivity contribution in [1.82, 2.24) is 4.98 Å². The molecule has 1 heteroatoms. The van der Waals surface area contributed by atoms with Crippen molar-refractivity contribution in [3.63, 3.8) is 0 Å². The predicted octanol–water partition coefficient (Wildman–Crippen LogP) is 7.84. The normalized spacial score (nSPS) is 32.0. The molecular formula is C28H35N. The zero-order valence-corrected chi connectivity index (χ0v) is 17.9. The zero-order chi connectivity index (χ0) is 19.6. The Labute approximate surface area is 176 Å². The van der Waals surface area contributed by atoms with Crippen molar-refractivity contribution in [3.8, 4) is 0 Å². The molecule has 0 radical (unpaired) electrons. The number of hydrogen-bond donors (Lipinski definition) is 0. The number of allylic oxidation sites excluding steroid dienone is 4. The Morgan fingerprint density at radius 3 is 2.90 bits per heavy atom. The van der Waals surface area contributed by atoms with Crippen LogP contribution in [0.3, 0.4) is 0 Å². The summed E-state index contributed by atoms with van der Waals surface area (Å²) in [5.74, 6) is 4.07. The van der Waals surface area contributed by atoms with Crippen LogP contribution in [0.1, 0.15) is 76.2 Å². The van der Waals surface area contributed by atoms with E-state index in [0.717, 1.165) is 29.6 Å². The number of rotatable bonds is 4. The first-order valence-corrected chi connectivity index (χ1v) is 12.0. The molecule has 1 aromatic heterocycles. The Hall–Kier alpha value is -1.89. The number of benzene rings is 1. The zero-order valence-electron chi connectivity index (χ0n) is 17.9. The van der Waals surface area contributed by atoms with E-state index in [1.807, 2.05) is 12.4 Å². The van der Waals surface area contributed by atoms with Gasteiger partial charge in [0.2, 0.25) is 0 Å². The van der Waals surface area contributed by atoms with E-state index < -0.39 is 0 Å². The van der Waals surface area contributed by atoms with E-state index in [2.05, 4.69) is 54.4 Å². The van der Waals surface area contributed by atoms with E-state index in [1.165, 1.54) is 68.6 Å². The van der Waals surface area contributed by atoms with Gasteiger partial charge in [-0.25, -0.2) is 0 Å². The first-order valence-electron chi connectivity index (χ1n) is 12.0. The van der Waals surface area contributed by atoms with Gasteiger partial charge in [-0.05, 0) is 110 Å². The van der Waals surface area contributed by atoms with Crippen LogP contribution in [0.2, 0.25) is 0 Å². The molecule has 1 aromatic carbocycles. The van der Waals surface area contributed by atoms with Crippen molar-refractivity contribution in [1.29, 1.82) is 0 Å². The van der Waals surface area contributed by atoms with Gasteiger partial charge in [0.25, 0.3) is 0 Å². The fourth-order valence-corrected chi connectivity index (χ4v) is 6.34. The highest BCUT2D eigenvalue weighted by molar-refractivity contribution is 5.82. The Bertz CT molecular complexity index is 907. The van der Waals surface area contributed by atoms with Gasteiger partial charge in [0.15, 0.2) is 0 Å². The lowest BCUT2D eigenvalue weighted by Gasteiger charge is -2.25. The topological polar surface area (TPSA) is 12.9 Å². The molecule has 1 fully saturated rings. The lowest BCUT2D eigenvalue weighted by Crippen LogP contribution is -2.13. The molecule has 0 bridgehead atoms. The number of aromatic nitrogens is 1. The molecular weight excluding hydrogens is 350 g/mol. The summed E-state index contributed by atoms with van der Waals surface area (Å²) in [6.07, 6.45) is 23.9. The second kappa shape index (κ2) is 8.46. The number of hydrogen-bond acceptors (Lipinski definition) is 1. The molecule has 5 rings (SSSR count). The van der Waals surface area contributed by atoms with Crippen molar-refractivity contribution in [2.45, 2.75) is 70.6 Å². The highest BCUT2D eigenvalue weighted by atomic mass is 14.6. The van der Waals surface area contributed by atoms with Gasteiger partial charge in [0, 0.05) is 17.8 Å². The van der Waals surface area contributed by atoms with Crippen molar-refractivity contribution >= 4 is 10.8 Å². The summed E-state index contributed by atoms with van der Waals surface area (Å²) in [7, 11) is 0. The van der Waals surface area contributed by atoms with Gasteiger partial charge in [0.1, 0.15) is 0 Å². The van der Waals surface area contributed by atoms with Crippen LogP contribution in [0.25, 0.3) is 10.8 Å². The quantitative estimate of drug-likeness (QED) is 0.522. The molecule has 1 nitrogen and oxygen atoms in total. The maximum Gasteiger partial charge on any atom is 0.0346 e. The van der Waals surface area contributed by atoms with E-state index in [1.54, 1.807) is 11.1 Å². The molecule has 152 valence electrons. The molecule has 0 N–H and O–H groups in total. The maximum absolute atomic E-state index is 4.34. The number of fused-ring (bicyclic) bond motifs is 2. The van der Waals surface area contributed by atoms with Crippen LogP contribution in [0.4, 0.5) is 0 Å². The number of nitrogens with zero attached hydrogens (tertiary/aromatic N) is 1. The van der Waals surface area contributed by atoms with Gasteiger partial charge in [-0.1, -0.05) is 43.7 Å². The molecule has 3 aliphatic carbocycles. The fraction of sp³-hybridized carbons (Fsp3) is 0.536. The summed E-state index contributed by atoms with van der Waals surface area (Å²) in [6.45, 7) is 2.51. The fourth-order valence-electron chi connectivity index (χ4n) is 6.34. The SMILES string of the molecule is CC1CCC2CCC=CC2=CC1CCC1CCCC1c1ccc2ccncc2c1. The molecule has 1 saturated carbocycles. The minimum Gasteiger partial charge on any atom is -0.264 e. The molecule has 2 aromatic rings. The molecule has 1 heterocycles. The Morgan fingerprint density at radius 2 is 1.93 bits per heavy atom. The summed E-state index contributed by atoms with van der Waals surface area (Å²) >= 11 is 0. The van der Waals surface area contributed by atoms with E-state index in [-0.39, 0.29) is 0 Å². The minimum atomic E-state index is 0.746. The standard InChI is InChI=1S/C28H35N/c1-20-9-10-21-5-2-3-6-25(21)17-24(20)13-12-23-7-4-8-28(23)26-14-11-22-15-16-29-19-27(22)18-26/h3,6,11,14-21,23-24,28H,2,4-5,7-10,12-13H2,1H3. The van der Waals surface area contributed by atoms with Gasteiger partial charge in [-0.15, -0.1) is 0 Å². The summed E-state index contributed by atoms with van der Waals surface area (Å²) in [5, 5.41) is 2.61. The first-order chi connectivity index (χ1) is 14.3. The van der Waals surface area contributed by atoms with Gasteiger partial charge < -0.3 is 0 Å². The molecule has 0 saturated heterocycles. The summed E-state index contributed by atoms with van der Waals surface area (Å²) in [6, 6.07) is 9.23. The smallest absolute Gasteiger partial charge is 0.0346 e. The first kappa shape index (κ1) is 19.1. The molecule has 5 unspecified atom stereocenters. The molecule has 3 aliphatic rings. The third kappa shape index (κ3) is 4.06. The maximum atomic E-state index is 4.34. The van der Waals surface area contributed by atoms with E-state index in [0.29, 0.717) is 0 Å². The lowest BCUT2D eigenvalue weighted by molar-refractivity contribution is 0.325. The van der Waals surface area contributed by atoms with Crippen molar-refractivity contribution in [2.24, 2.45) is 23.7 Å². The highest BCUT2D eigenvalue weighted by Crippen LogP contribution is 2.45. The van der Waals surface area contributed by atoms with Gasteiger partial charge in [0.05, 0.1) is 0 Å². The third-order valence-corrected chi connectivity index (χ3v) is 8.19. The van der Waals surface area contributed by atoms with Crippen LogP contribution in [0, 0.1) is 23.7 Å². The Morgan fingerprint density at radius 1 is 0.966 bits per heavy atom. The Balaban J connectivity index is 1.30. The molecule has 29 heavy (non-hydrogen) atoms. The number of pyridine rings is 1. The van der Waals surface area contributed by atoms with Crippen LogP contribution < -0.4 is 0 Å². The van der Waals surface area contributed by atoms with E-state index in [4.69, 9.17) is 0 Å². The van der Waals surface area contributed by atoms with Gasteiger partial charge >= 0.3 is 0 Å². The van der Waals surface area contributed by atoms with E-state index >= 15 is 0 Å². The average molecular weight is 386 g/mol. The summed E-state index contributed by atoms with van der Waals surface area (Å²) in [4.78, 5) is 4.34. The monoisotopic (exact) mass is 385 g/mol. The third-order valence-electron chi connectivity index (χ3n) is 8.19. The molecule has 5 atom stereocenters. The summed E-state index contributed by atoms with van der Waals surface area (Å²) < 4.78 is 0. The molecule has 0 amide bonds.